The van der Waals surface area contributed by atoms with E-state index in [1.807, 2.05) is 0 Å². The summed E-state index contributed by atoms with van der Waals surface area (Å²) in [6, 6.07) is 10.1. The third kappa shape index (κ3) is 3.26. The first kappa shape index (κ1) is 13.0. The number of benzene rings is 2. The van der Waals surface area contributed by atoms with Gasteiger partial charge in [0.15, 0.2) is 0 Å². The van der Waals surface area contributed by atoms with Crippen molar-refractivity contribution >= 4 is 28.7 Å². The quantitative estimate of drug-likeness (QED) is 0.513. The number of nitro groups is 1. The van der Waals surface area contributed by atoms with Crippen LogP contribution >= 0.6 is 11.6 Å². The number of phenols is 1. The van der Waals surface area contributed by atoms with Crippen LogP contribution in [0.25, 0.3) is 0 Å². The molecule has 7 heteroatoms. The molecule has 0 unspecified atom stereocenters. The zero-order valence-electron chi connectivity index (χ0n) is 9.52. The SMILES string of the molecule is O=[N+]([O-])c1ccc(N=Nc2ccc(Cl)c(O)c2)cc1. The van der Waals surface area contributed by atoms with Crippen LogP contribution in [0.3, 0.4) is 0 Å². The van der Waals surface area contributed by atoms with Gasteiger partial charge in [0.1, 0.15) is 5.75 Å². The summed E-state index contributed by atoms with van der Waals surface area (Å²) in [5.74, 6) is -0.0817. The maximum absolute atomic E-state index is 10.5. The fraction of sp³-hybridized carbons (Fsp3) is 0. The van der Waals surface area contributed by atoms with Crippen molar-refractivity contribution in [1.29, 1.82) is 0 Å². The Morgan fingerprint density at radius 2 is 1.63 bits per heavy atom. The highest BCUT2D eigenvalue weighted by Gasteiger charge is 2.03. The van der Waals surface area contributed by atoms with Crippen molar-refractivity contribution in [2.75, 3.05) is 0 Å². The molecule has 0 aliphatic heterocycles. The molecule has 6 nitrogen and oxygen atoms in total. The Bertz CT molecular complexity index is 641. The van der Waals surface area contributed by atoms with E-state index < -0.39 is 4.92 Å². The molecule has 96 valence electrons. The van der Waals surface area contributed by atoms with Gasteiger partial charge in [0.05, 0.1) is 21.3 Å². The molecule has 0 spiro atoms. The van der Waals surface area contributed by atoms with E-state index in [-0.39, 0.29) is 16.5 Å². The van der Waals surface area contributed by atoms with Gasteiger partial charge in [-0.15, -0.1) is 0 Å². The van der Waals surface area contributed by atoms with Crippen LogP contribution in [-0.4, -0.2) is 10.0 Å². The fourth-order valence-corrected chi connectivity index (χ4v) is 1.44. The minimum absolute atomic E-state index is 0.0110. The van der Waals surface area contributed by atoms with Crippen LogP contribution in [0, 0.1) is 10.1 Å². The second kappa shape index (κ2) is 5.45. The molecule has 19 heavy (non-hydrogen) atoms. The minimum atomic E-state index is -0.488. The Hall–Kier alpha value is -2.47. The summed E-state index contributed by atoms with van der Waals surface area (Å²) in [6.45, 7) is 0. The van der Waals surface area contributed by atoms with Crippen molar-refractivity contribution in [1.82, 2.24) is 0 Å². The summed E-state index contributed by atoms with van der Waals surface area (Å²) < 4.78 is 0. The monoisotopic (exact) mass is 277 g/mol. The lowest BCUT2D eigenvalue weighted by Gasteiger charge is -1.97. The van der Waals surface area contributed by atoms with E-state index in [9.17, 15) is 15.2 Å². The topological polar surface area (TPSA) is 88.1 Å². The van der Waals surface area contributed by atoms with E-state index in [4.69, 9.17) is 11.6 Å². The zero-order chi connectivity index (χ0) is 13.8. The first-order valence-electron chi connectivity index (χ1n) is 5.21. The summed E-state index contributed by atoms with van der Waals surface area (Å²) in [5.41, 5.74) is 0.892. The van der Waals surface area contributed by atoms with Crippen LogP contribution < -0.4 is 0 Å². The Kier molecular flexibility index (Phi) is 3.72. The number of hydrogen-bond donors (Lipinski definition) is 1. The Balaban J connectivity index is 2.17. The van der Waals surface area contributed by atoms with Crippen molar-refractivity contribution in [2.45, 2.75) is 0 Å². The molecule has 0 bridgehead atoms. The van der Waals surface area contributed by atoms with Crippen LogP contribution in [0.15, 0.2) is 52.7 Å². The van der Waals surface area contributed by atoms with E-state index in [0.717, 1.165) is 0 Å². The van der Waals surface area contributed by atoms with Crippen LogP contribution in [0.1, 0.15) is 0 Å². The van der Waals surface area contributed by atoms with Crippen LogP contribution in [0.5, 0.6) is 5.75 Å². The van der Waals surface area contributed by atoms with E-state index in [1.165, 1.54) is 36.4 Å². The lowest BCUT2D eigenvalue weighted by atomic mass is 10.3. The molecule has 0 atom stereocenters. The van der Waals surface area contributed by atoms with Gasteiger partial charge >= 0.3 is 0 Å². The lowest BCUT2D eigenvalue weighted by Crippen LogP contribution is -1.85. The summed E-state index contributed by atoms with van der Waals surface area (Å²) in [5, 5.41) is 27.9. The first-order chi connectivity index (χ1) is 9.06. The molecule has 2 rings (SSSR count). The molecule has 0 aromatic heterocycles. The number of halogens is 1. The Labute approximate surface area is 113 Å². The molecule has 0 aliphatic carbocycles. The third-order valence-electron chi connectivity index (χ3n) is 2.27. The van der Waals surface area contributed by atoms with E-state index in [1.54, 1.807) is 6.07 Å². The second-order valence-corrected chi connectivity index (χ2v) is 4.02. The van der Waals surface area contributed by atoms with Crippen LogP contribution in [-0.2, 0) is 0 Å². The average molecular weight is 278 g/mol. The molecule has 0 radical (unpaired) electrons. The molecule has 0 heterocycles. The molecular formula is C12H8ClN3O3. The van der Waals surface area contributed by atoms with Crippen molar-refractivity contribution in [2.24, 2.45) is 10.2 Å². The van der Waals surface area contributed by atoms with Gasteiger partial charge in [-0.05, 0) is 24.3 Å². The smallest absolute Gasteiger partial charge is 0.269 e. The van der Waals surface area contributed by atoms with Gasteiger partial charge in [-0.3, -0.25) is 10.1 Å². The van der Waals surface area contributed by atoms with Gasteiger partial charge < -0.3 is 5.11 Å². The summed E-state index contributed by atoms with van der Waals surface area (Å²) in [6.07, 6.45) is 0. The normalized spacial score (nSPS) is 10.8. The number of nitrogens with zero attached hydrogens (tertiary/aromatic N) is 3. The first-order valence-corrected chi connectivity index (χ1v) is 5.59. The zero-order valence-corrected chi connectivity index (χ0v) is 10.3. The molecular weight excluding hydrogens is 270 g/mol. The maximum Gasteiger partial charge on any atom is 0.269 e. The largest absolute Gasteiger partial charge is 0.506 e. The Morgan fingerprint density at radius 3 is 2.21 bits per heavy atom. The van der Waals surface area contributed by atoms with Crippen LogP contribution in [0.4, 0.5) is 17.1 Å². The van der Waals surface area contributed by atoms with Crippen molar-refractivity contribution in [3.63, 3.8) is 0 Å². The molecule has 0 saturated heterocycles. The predicted molar refractivity (Wildman–Crippen MR) is 70.4 cm³/mol. The second-order valence-electron chi connectivity index (χ2n) is 3.61. The number of azo groups is 1. The van der Waals surface area contributed by atoms with Gasteiger partial charge in [-0.25, -0.2) is 0 Å². The van der Waals surface area contributed by atoms with Gasteiger partial charge in [0.25, 0.3) is 5.69 Å². The minimum Gasteiger partial charge on any atom is -0.506 e. The molecule has 0 amide bonds. The van der Waals surface area contributed by atoms with Gasteiger partial charge in [0, 0.05) is 18.2 Å². The molecule has 2 aromatic rings. The molecule has 0 aliphatic rings. The number of phenolic OH excluding ortho intramolecular Hbond substituents is 1. The van der Waals surface area contributed by atoms with E-state index in [2.05, 4.69) is 10.2 Å². The highest BCUT2D eigenvalue weighted by molar-refractivity contribution is 6.32. The van der Waals surface area contributed by atoms with Crippen molar-refractivity contribution < 1.29 is 10.0 Å². The van der Waals surface area contributed by atoms with Gasteiger partial charge in [-0.2, -0.15) is 10.2 Å². The standard InChI is InChI=1S/C12H8ClN3O3/c13-11-6-3-9(7-12(11)17)15-14-8-1-4-10(5-2-8)16(18)19/h1-7,17H. The number of rotatable bonds is 3. The maximum atomic E-state index is 10.5. The van der Waals surface area contributed by atoms with Gasteiger partial charge in [0.2, 0.25) is 0 Å². The summed E-state index contributed by atoms with van der Waals surface area (Å²) in [7, 11) is 0. The third-order valence-corrected chi connectivity index (χ3v) is 2.59. The van der Waals surface area contributed by atoms with E-state index in [0.29, 0.717) is 11.4 Å². The predicted octanol–water partition coefficient (Wildman–Crippen LogP) is 4.37. The van der Waals surface area contributed by atoms with Crippen molar-refractivity contribution in [3.05, 3.63) is 57.6 Å². The number of nitro benzene ring substituents is 1. The molecule has 0 fully saturated rings. The molecule has 1 N–H and O–H groups in total. The molecule has 2 aromatic carbocycles. The average Bonchev–Trinajstić information content (AvgIpc) is 2.40. The van der Waals surface area contributed by atoms with Crippen LogP contribution in [0.2, 0.25) is 5.02 Å². The summed E-state index contributed by atoms with van der Waals surface area (Å²) in [4.78, 5) is 9.98. The highest BCUT2D eigenvalue weighted by atomic mass is 35.5. The fourth-order valence-electron chi connectivity index (χ4n) is 1.32. The van der Waals surface area contributed by atoms with E-state index >= 15 is 0 Å². The lowest BCUT2D eigenvalue weighted by molar-refractivity contribution is -0.384. The summed E-state index contributed by atoms with van der Waals surface area (Å²) >= 11 is 5.66. The highest BCUT2D eigenvalue weighted by Crippen LogP contribution is 2.29. The number of hydrogen-bond acceptors (Lipinski definition) is 5. The van der Waals surface area contributed by atoms with Gasteiger partial charge in [-0.1, -0.05) is 11.6 Å². The van der Waals surface area contributed by atoms with Crippen molar-refractivity contribution in [3.8, 4) is 5.75 Å². The Morgan fingerprint density at radius 1 is 1.05 bits per heavy atom. The number of non-ortho nitro benzene ring substituents is 1. The molecule has 0 saturated carbocycles. The number of aromatic hydroxyl groups is 1.